The van der Waals surface area contributed by atoms with Crippen molar-refractivity contribution < 1.29 is 69.5 Å². The van der Waals surface area contributed by atoms with Crippen LogP contribution in [-0.4, -0.2) is 99.7 Å². The molecule has 6 heterocycles. The Morgan fingerprint density at radius 3 is 1.09 bits per heavy atom. The average Bonchev–Trinajstić information content (AvgIpc) is 3.64. The van der Waals surface area contributed by atoms with Crippen LogP contribution in [0.25, 0.3) is 0 Å². The second-order valence-corrected chi connectivity index (χ2v) is 18.2. The summed E-state index contributed by atoms with van der Waals surface area (Å²) in [6.07, 6.45) is 11.5. The van der Waals surface area contributed by atoms with Gasteiger partial charge in [-0.1, -0.05) is 32.0 Å². The molecule has 0 amide bonds. The molecule has 0 aliphatic carbocycles. The molecular weight excluding hydrogens is 858 g/mol. The largest absolute Gasteiger partial charge is 0.494 e. The zero-order valence-corrected chi connectivity index (χ0v) is 38.7. The minimum Gasteiger partial charge on any atom is -0.407 e. The molecule has 3 aromatic rings. The molecule has 6 aliphatic heterocycles. The van der Waals surface area contributed by atoms with Crippen molar-refractivity contribution in [1.29, 1.82) is 0 Å². The standard InChI is InChI=1S/C17H24BFO4.C16H22BFO4.C15H20BFO4/c1-17(2)11-22-18(23-12-17)15-7-6-14(19)9-13(15)10-21-16-5-3-4-8-20-16;18-14-6-7-15(17-21-9-3-4-10-22-17)13(11-14)12-20-16-5-1-2-8-19-16;17-13-5-6-14(16-20-8-3-9-21-16)12(10-13)11-19-15-4-1-2-7-18-15/h6-7,9,16H,3-5,8,10-12H2,1-2H3;6-7,11,16H,1-5,8-10,12H2;5-6,10,15H,1-4,7-9,11H2. The maximum atomic E-state index is 13.6. The molecule has 6 aliphatic rings. The molecule has 360 valence electrons. The normalized spacial score (nSPS) is 23.8. The van der Waals surface area contributed by atoms with Crippen molar-refractivity contribution in [3.8, 4) is 0 Å². The first-order valence-corrected chi connectivity index (χ1v) is 23.9. The minimum absolute atomic E-state index is 0.00311. The Balaban J connectivity index is 0.000000147. The van der Waals surface area contributed by atoms with Gasteiger partial charge >= 0.3 is 21.4 Å². The van der Waals surface area contributed by atoms with E-state index in [0.717, 1.165) is 130 Å². The maximum absolute atomic E-state index is 13.6. The zero-order chi connectivity index (χ0) is 46.0. The lowest BCUT2D eigenvalue weighted by atomic mass is 9.73. The molecule has 0 spiro atoms. The molecular formula is C48H66B3F3O12. The van der Waals surface area contributed by atoms with Crippen molar-refractivity contribution in [2.24, 2.45) is 5.41 Å². The van der Waals surface area contributed by atoms with Crippen LogP contribution < -0.4 is 16.4 Å². The fraction of sp³-hybridized carbons (Fsp3) is 0.625. The molecule has 0 bridgehead atoms. The Kier molecular flexibility index (Phi) is 20.7. The second-order valence-electron chi connectivity index (χ2n) is 18.2. The molecule has 0 aromatic heterocycles. The topological polar surface area (TPSA) is 111 Å². The van der Waals surface area contributed by atoms with Crippen LogP contribution in [0.2, 0.25) is 0 Å². The zero-order valence-electron chi connectivity index (χ0n) is 38.7. The van der Waals surface area contributed by atoms with E-state index >= 15 is 0 Å². The van der Waals surface area contributed by atoms with Gasteiger partial charge in [0, 0.05) is 64.9 Å². The van der Waals surface area contributed by atoms with Gasteiger partial charge in [-0.2, -0.15) is 0 Å². The molecule has 3 aromatic carbocycles. The molecule has 12 nitrogen and oxygen atoms in total. The fourth-order valence-electron chi connectivity index (χ4n) is 8.22. The molecule has 18 heteroatoms. The molecule has 6 saturated heterocycles. The molecule has 0 saturated carbocycles. The average molecular weight is 924 g/mol. The number of ether oxygens (including phenoxy) is 6. The smallest absolute Gasteiger partial charge is 0.407 e. The van der Waals surface area contributed by atoms with Crippen LogP contribution in [0, 0.1) is 22.9 Å². The SMILES string of the molecule is CC1(C)COB(c2ccc(F)cc2COC2CCCCO2)OC1.Fc1ccc(B2OCCCCO2)c(COC2CCCCO2)c1.Fc1ccc(B2OCCCO2)c(COC2CCCCO2)c1. The molecule has 0 radical (unpaired) electrons. The Bertz CT molecular complexity index is 1880. The highest BCUT2D eigenvalue weighted by molar-refractivity contribution is 6.62. The Morgan fingerprint density at radius 2 is 0.758 bits per heavy atom. The van der Waals surface area contributed by atoms with Crippen molar-refractivity contribution >= 4 is 37.7 Å². The fourth-order valence-corrected chi connectivity index (χ4v) is 8.22. The number of hydrogen-bond acceptors (Lipinski definition) is 12. The first-order chi connectivity index (χ1) is 32.2. The number of halogens is 3. The summed E-state index contributed by atoms with van der Waals surface area (Å²) >= 11 is 0. The van der Waals surface area contributed by atoms with Gasteiger partial charge in [-0.05, 0) is 147 Å². The van der Waals surface area contributed by atoms with E-state index in [1.54, 1.807) is 18.2 Å². The van der Waals surface area contributed by atoms with Crippen LogP contribution in [0.3, 0.4) is 0 Å². The van der Waals surface area contributed by atoms with Gasteiger partial charge in [0.05, 0.1) is 19.8 Å². The van der Waals surface area contributed by atoms with Gasteiger partial charge in [0.2, 0.25) is 0 Å². The highest BCUT2D eigenvalue weighted by Gasteiger charge is 2.35. The quantitative estimate of drug-likeness (QED) is 0.174. The van der Waals surface area contributed by atoms with Crippen LogP contribution in [0.5, 0.6) is 0 Å². The lowest BCUT2D eigenvalue weighted by Gasteiger charge is -2.33. The number of hydrogen-bond donors (Lipinski definition) is 0. The Labute approximate surface area is 389 Å². The molecule has 9 rings (SSSR count). The predicted molar refractivity (Wildman–Crippen MR) is 244 cm³/mol. The third-order valence-electron chi connectivity index (χ3n) is 11.9. The third-order valence-corrected chi connectivity index (χ3v) is 11.9. The van der Waals surface area contributed by atoms with Gasteiger partial charge in [-0.15, -0.1) is 0 Å². The van der Waals surface area contributed by atoms with Crippen molar-refractivity contribution in [3.63, 3.8) is 0 Å². The van der Waals surface area contributed by atoms with E-state index < -0.39 is 21.4 Å². The Hall–Kier alpha value is -2.84. The molecule has 3 unspecified atom stereocenters. The van der Waals surface area contributed by atoms with Crippen LogP contribution in [0.1, 0.15) is 108 Å². The van der Waals surface area contributed by atoms with Gasteiger partial charge < -0.3 is 56.3 Å². The molecule has 66 heavy (non-hydrogen) atoms. The first kappa shape index (κ1) is 51.0. The van der Waals surface area contributed by atoms with Crippen molar-refractivity contribution in [2.75, 3.05) is 59.5 Å². The van der Waals surface area contributed by atoms with E-state index in [0.29, 0.717) is 59.5 Å². The van der Waals surface area contributed by atoms with E-state index in [-0.39, 0.29) is 41.7 Å². The summed E-state index contributed by atoms with van der Waals surface area (Å²) < 4.78 is 109. The van der Waals surface area contributed by atoms with Crippen LogP contribution in [0.4, 0.5) is 13.2 Å². The van der Waals surface area contributed by atoms with E-state index in [2.05, 4.69) is 13.8 Å². The number of rotatable bonds is 12. The van der Waals surface area contributed by atoms with E-state index in [1.807, 2.05) is 0 Å². The lowest BCUT2D eigenvalue weighted by Crippen LogP contribution is -2.48. The summed E-state index contributed by atoms with van der Waals surface area (Å²) in [6, 6.07) is 13.9. The maximum Gasteiger partial charge on any atom is 0.494 e. The summed E-state index contributed by atoms with van der Waals surface area (Å²) in [6.45, 7) is 11.2. The van der Waals surface area contributed by atoms with E-state index in [4.69, 9.17) is 56.3 Å². The number of benzene rings is 3. The van der Waals surface area contributed by atoms with Gasteiger partial charge in [0.25, 0.3) is 0 Å². The molecule has 3 atom stereocenters. The molecule has 0 N–H and O–H groups in total. The molecule has 6 fully saturated rings. The van der Waals surface area contributed by atoms with Gasteiger partial charge in [-0.3, -0.25) is 0 Å². The van der Waals surface area contributed by atoms with Crippen LogP contribution in [-0.2, 0) is 76.2 Å². The summed E-state index contributed by atoms with van der Waals surface area (Å²) in [5.74, 6) is -0.841. The van der Waals surface area contributed by atoms with E-state index in [1.165, 1.54) is 36.4 Å². The summed E-state index contributed by atoms with van der Waals surface area (Å²) in [5, 5.41) is 0. The second kappa shape index (κ2) is 26.8. The van der Waals surface area contributed by atoms with Crippen molar-refractivity contribution in [3.05, 3.63) is 88.7 Å². The highest BCUT2D eigenvalue weighted by atomic mass is 19.1. The lowest BCUT2D eigenvalue weighted by molar-refractivity contribution is -0.169. The monoisotopic (exact) mass is 924 g/mol. The van der Waals surface area contributed by atoms with Crippen molar-refractivity contribution in [2.45, 2.75) is 130 Å². The highest BCUT2D eigenvalue weighted by Crippen LogP contribution is 2.23. The van der Waals surface area contributed by atoms with Crippen LogP contribution in [0.15, 0.2) is 54.6 Å². The summed E-state index contributed by atoms with van der Waals surface area (Å²) in [4.78, 5) is 0. The summed E-state index contributed by atoms with van der Waals surface area (Å²) in [5.41, 5.74) is 4.80. The van der Waals surface area contributed by atoms with Crippen molar-refractivity contribution in [1.82, 2.24) is 0 Å². The predicted octanol–water partition coefficient (Wildman–Crippen LogP) is 7.03. The van der Waals surface area contributed by atoms with Crippen LogP contribution >= 0.6 is 0 Å². The first-order valence-electron chi connectivity index (χ1n) is 23.9. The minimum atomic E-state index is -0.463. The van der Waals surface area contributed by atoms with Gasteiger partial charge in [0.1, 0.15) is 17.5 Å². The summed E-state index contributed by atoms with van der Waals surface area (Å²) in [7, 11) is -1.33. The Morgan fingerprint density at radius 1 is 0.439 bits per heavy atom. The third kappa shape index (κ3) is 16.4. The van der Waals surface area contributed by atoms with Gasteiger partial charge in [0.15, 0.2) is 18.9 Å². The van der Waals surface area contributed by atoms with E-state index in [9.17, 15) is 13.2 Å². The van der Waals surface area contributed by atoms with Gasteiger partial charge in [-0.25, -0.2) is 13.2 Å².